The van der Waals surface area contributed by atoms with E-state index in [2.05, 4.69) is 47.2 Å². The predicted molar refractivity (Wildman–Crippen MR) is 179 cm³/mol. The van der Waals surface area contributed by atoms with E-state index in [0.29, 0.717) is 0 Å². The van der Waals surface area contributed by atoms with Crippen LogP contribution in [0.2, 0.25) is 0 Å². The largest absolute Gasteiger partial charge is 0.368 e. The summed E-state index contributed by atoms with van der Waals surface area (Å²) in [5.74, 6) is -6.04. The average molecular weight is 696 g/mol. The number of nitrogens with one attached hydrogen (secondary N) is 7. The number of nitrogens with two attached hydrogens (primary N) is 1. The number of rotatable bonds is 16. The first-order valence-electron chi connectivity index (χ1n) is 15.3. The summed E-state index contributed by atoms with van der Waals surface area (Å²) in [6.07, 6.45) is 0. The minimum absolute atomic E-state index is 0.438. The quantitative estimate of drug-likeness (QED) is 0.0564. The van der Waals surface area contributed by atoms with Gasteiger partial charge in [-0.1, -0.05) is 5.11 Å². The molecular formula is C30H53N11O8. The van der Waals surface area contributed by atoms with Crippen LogP contribution in [0.4, 0.5) is 0 Å². The molecule has 9 N–H and O–H groups in total. The molecular weight excluding hydrogens is 642 g/mol. The topological polar surface area (TPSA) is 296 Å². The van der Waals surface area contributed by atoms with Crippen molar-refractivity contribution in [2.75, 3.05) is 6.54 Å². The summed E-state index contributed by atoms with van der Waals surface area (Å²) in [4.78, 5) is 105. The van der Waals surface area contributed by atoms with Crippen LogP contribution >= 0.6 is 0 Å². The van der Waals surface area contributed by atoms with Gasteiger partial charge in [0.15, 0.2) is 0 Å². The average Bonchev–Trinajstić information content (AvgIpc) is 2.89. The Morgan fingerprint density at radius 2 is 0.694 bits per heavy atom. The number of hydrogen-bond acceptors (Lipinski definition) is 9. The SMILES string of the molecule is CC(C)(N=[N+]=[N-])C(=O)NC(C)(C)C(=O)NC(C)(C)C(=O)NC(C)(C)C(=O)NC(C)(C)C(=O)NC(C)(C)C(=O)NC(C)(C)C(=O)NCC(N)=O. The van der Waals surface area contributed by atoms with Gasteiger partial charge in [-0.15, -0.1) is 0 Å². The highest BCUT2D eigenvalue weighted by Crippen LogP contribution is 2.17. The number of amides is 8. The van der Waals surface area contributed by atoms with Gasteiger partial charge in [0.05, 0.1) is 6.54 Å². The first-order valence-corrected chi connectivity index (χ1v) is 15.3. The maximum atomic E-state index is 13.3. The van der Waals surface area contributed by atoms with Crippen molar-refractivity contribution in [3.63, 3.8) is 0 Å². The first-order chi connectivity index (χ1) is 21.7. The third-order valence-electron chi connectivity index (χ3n) is 7.24. The normalized spacial score (nSPS) is 12.7. The van der Waals surface area contributed by atoms with Crippen LogP contribution in [0.25, 0.3) is 10.4 Å². The van der Waals surface area contributed by atoms with Gasteiger partial charge in [-0.3, -0.25) is 38.4 Å². The summed E-state index contributed by atoms with van der Waals surface area (Å²) in [5.41, 5.74) is 2.78. The summed E-state index contributed by atoms with van der Waals surface area (Å²) >= 11 is 0. The van der Waals surface area contributed by atoms with Gasteiger partial charge in [0, 0.05) is 4.91 Å². The van der Waals surface area contributed by atoms with Gasteiger partial charge < -0.3 is 43.0 Å². The van der Waals surface area contributed by atoms with Crippen molar-refractivity contribution >= 4 is 47.3 Å². The van der Waals surface area contributed by atoms with E-state index in [0.717, 1.165) is 0 Å². The van der Waals surface area contributed by atoms with Gasteiger partial charge in [0.2, 0.25) is 47.3 Å². The second-order valence-corrected chi connectivity index (χ2v) is 15.4. The minimum atomic E-state index is -1.63. The molecule has 0 heterocycles. The molecule has 19 nitrogen and oxygen atoms in total. The molecule has 0 radical (unpaired) electrons. The highest BCUT2D eigenvalue weighted by atomic mass is 16.2. The van der Waals surface area contributed by atoms with Gasteiger partial charge in [-0.25, -0.2) is 0 Å². The van der Waals surface area contributed by atoms with Crippen molar-refractivity contribution in [1.82, 2.24) is 37.2 Å². The molecule has 0 rings (SSSR count). The second-order valence-electron chi connectivity index (χ2n) is 15.4. The Kier molecular flexibility index (Phi) is 13.6. The lowest BCUT2D eigenvalue weighted by Crippen LogP contribution is -2.69. The zero-order chi connectivity index (χ0) is 39.2. The number of carbonyl (C=O) groups excluding carboxylic acids is 8. The Labute approximate surface area is 286 Å². The molecule has 19 heteroatoms. The Morgan fingerprint density at radius 3 is 0.918 bits per heavy atom. The van der Waals surface area contributed by atoms with Gasteiger partial charge in [0.1, 0.15) is 38.8 Å². The second kappa shape index (κ2) is 15.1. The number of nitrogens with zero attached hydrogens (tertiary/aromatic N) is 3. The van der Waals surface area contributed by atoms with Crippen molar-refractivity contribution < 1.29 is 38.4 Å². The van der Waals surface area contributed by atoms with Crippen LogP contribution in [-0.2, 0) is 38.4 Å². The Morgan fingerprint density at radius 1 is 0.469 bits per heavy atom. The van der Waals surface area contributed by atoms with Crippen LogP contribution in [0.15, 0.2) is 5.11 Å². The van der Waals surface area contributed by atoms with Crippen LogP contribution in [0.5, 0.6) is 0 Å². The molecule has 8 amide bonds. The van der Waals surface area contributed by atoms with E-state index in [4.69, 9.17) is 11.3 Å². The third kappa shape index (κ3) is 12.6. The lowest BCUT2D eigenvalue weighted by Gasteiger charge is -2.37. The molecule has 0 aromatic rings. The fourth-order valence-electron chi connectivity index (χ4n) is 3.52. The van der Waals surface area contributed by atoms with Gasteiger partial charge >= 0.3 is 0 Å². The number of azide groups is 1. The fourth-order valence-corrected chi connectivity index (χ4v) is 3.52. The molecule has 0 bridgehead atoms. The fraction of sp³-hybridized carbons (Fsp3) is 0.733. The molecule has 0 fully saturated rings. The van der Waals surface area contributed by atoms with Crippen molar-refractivity contribution in [3.8, 4) is 0 Å². The molecule has 0 saturated heterocycles. The minimum Gasteiger partial charge on any atom is -0.368 e. The highest BCUT2D eigenvalue weighted by Gasteiger charge is 2.44. The number of primary amides is 1. The smallest absolute Gasteiger partial charge is 0.246 e. The van der Waals surface area contributed by atoms with Crippen LogP contribution in [0.1, 0.15) is 96.9 Å². The van der Waals surface area contributed by atoms with Crippen molar-refractivity contribution in [3.05, 3.63) is 10.4 Å². The highest BCUT2D eigenvalue weighted by molar-refractivity contribution is 6.02. The summed E-state index contributed by atoms with van der Waals surface area (Å²) in [6, 6.07) is 0. The lowest BCUT2D eigenvalue weighted by molar-refractivity contribution is -0.142. The molecule has 0 saturated carbocycles. The van der Waals surface area contributed by atoms with Gasteiger partial charge in [0.25, 0.3) is 0 Å². The molecule has 49 heavy (non-hydrogen) atoms. The third-order valence-corrected chi connectivity index (χ3v) is 7.24. The maximum absolute atomic E-state index is 13.3. The molecule has 0 aliphatic carbocycles. The Hall–Kier alpha value is -4.93. The van der Waals surface area contributed by atoms with Gasteiger partial charge in [-0.05, 0) is 102 Å². The van der Waals surface area contributed by atoms with Crippen molar-refractivity contribution in [2.24, 2.45) is 10.8 Å². The first kappa shape index (κ1) is 44.1. The monoisotopic (exact) mass is 695 g/mol. The van der Waals surface area contributed by atoms with Gasteiger partial charge in [-0.2, -0.15) is 0 Å². The van der Waals surface area contributed by atoms with E-state index in [1.54, 1.807) is 0 Å². The Balaban J connectivity index is 5.61. The van der Waals surface area contributed by atoms with E-state index >= 15 is 0 Å². The van der Waals surface area contributed by atoms with Crippen LogP contribution < -0.4 is 43.0 Å². The summed E-state index contributed by atoms with van der Waals surface area (Å²) in [5, 5.41) is 20.9. The van der Waals surface area contributed by atoms with E-state index in [1.165, 1.54) is 96.9 Å². The maximum Gasteiger partial charge on any atom is 0.246 e. The summed E-state index contributed by atoms with van der Waals surface area (Å²) in [7, 11) is 0. The van der Waals surface area contributed by atoms with Crippen molar-refractivity contribution in [1.29, 1.82) is 0 Å². The zero-order valence-corrected chi connectivity index (χ0v) is 30.9. The van der Waals surface area contributed by atoms with E-state index in [1.807, 2.05) is 0 Å². The predicted octanol–water partition coefficient (Wildman–Crippen LogP) is -0.954. The van der Waals surface area contributed by atoms with Crippen LogP contribution in [-0.4, -0.2) is 92.6 Å². The number of carbonyl (C=O) groups is 8. The molecule has 0 aromatic carbocycles. The molecule has 0 aliphatic heterocycles. The van der Waals surface area contributed by atoms with E-state index in [9.17, 15) is 38.4 Å². The standard InChI is InChI=1S/C30H53N11O8/c1-24(2,17(43)33-15-16(31)42)34-18(44)25(3,4)35-19(45)26(5,6)36-20(46)27(7,8)37-21(47)28(9,10)38-22(48)29(11,12)39-23(49)30(13,14)40-41-32/h15H2,1-14H3,(H2,31,42)(H,33,43)(H,34,44)(H,35,45)(H,36,46)(H,37,47)(H,38,48)(H,39,49). The molecule has 276 valence electrons. The molecule has 0 aromatic heterocycles. The summed E-state index contributed by atoms with van der Waals surface area (Å²) < 4.78 is 0. The van der Waals surface area contributed by atoms with Crippen LogP contribution in [0.3, 0.4) is 0 Å². The van der Waals surface area contributed by atoms with E-state index < -0.39 is 92.6 Å². The van der Waals surface area contributed by atoms with E-state index in [-0.39, 0.29) is 0 Å². The zero-order valence-electron chi connectivity index (χ0n) is 30.9. The Bertz CT molecular complexity index is 1420. The van der Waals surface area contributed by atoms with Crippen LogP contribution in [0, 0.1) is 0 Å². The number of hydrogen-bond donors (Lipinski definition) is 8. The lowest BCUT2D eigenvalue weighted by atomic mass is 9.94. The summed E-state index contributed by atoms with van der Waals surface area (Å²) in [6.45, 7) is 18.8. The molecule has 0 spiro atoms. The van der Waals surface area contributed by atoms with Crippen molar-refractivity contribution in [2.45, 2.75) is 136 Å². The molecule has 0 unspecified atom stereocenters. The molecule has 0 aliphatic rings. The molecule has 0 atom stereocenters.